The van der Waals surface area contributed by atoms with E-state index in [0.29, 0.717) is 6.54 Å². The average molecular weight is 262 g/mol. The van der Waals surface area contributed by atoms with E-state index in [1.807, 2.05) is 30.3 Å². The number of carbonyl (C=O) groups is 1. The molecule has 1 fully saturated rings. The van der Waals surface area contributed by atoms with Gasteiger partial charge in [-0.1, -0.05) is 49.6 Å². The van der Waals surface area contributed by atoms with Gasteiger partial charge in [-0.3, -0.25) is 0 Å². The van der Waals surface area contributed by atoms with Gasteiger partial charge in [0.1, 0.15) is 0 Å². The third-order valence-electron chi connectivity index (χ3n) is 3.59. The van der Waals surface area contributed by atoms with Crippen LogP contribution in [-0.4, -0.2) is 23.3 Å². The molecule has 2 amide bonds. The minimum Gasteiger partial charge on any atom is -0.391 e. The molecule has 0 radical (unpaired) electrons. The fourth-order valence-electron chi connectivity index (χ4n) is 2.45. The number of hydrogen-bond acceptors (Lipinski definition) is 2. The number of benzene rings is 1. The van der Waals surface area contributed by atoms with Crippen LogP contribution in [0.15, 0.2) is 30.3 Å². The fraction of sp³-hybridized carbons (Fsp3) is 0.533. The Morgan fingerprint density at radius 3 is 2.68 bits per heavy atom. The van der Waals surface area contributed by atoms with Gasteiger partial charge in [-0.2, -0.15) is 0 Å². The number of aliphatic hydroxyl groups is 1. The zero-order valence-corrected chi connectivity index (χ0v) is 11.1. The monoisotopic (exact) mass is 262 g/mol. The first-order valence-electron chi connectivity index (χ1n) is 7.02. The molecule has 0 heterocycles. The molecule has 19 heavy (non-hydrogen) atoms. The molecule has 0 saturated heterocycles. The molecule has 0 aliphatic heterocycles. The van der Waals surface area contributed by atoms with Gasteiger partial charge in [-0.05, 0) is 18.4 Å². The maximum absolute atomic E-state index is 11.8. The highest BCUT2D eigenvalue weighted by molar-refractivity contribution is 5.74. The van der Waals surface area contributed by atoms with Crippen molar-refractivity contribution in [3.63, 3.8) is 0 Å². The minimum absolute atomic E-state index is 0.113. The van der Waals surface area contributed by atoms with Crippen LogP contribution >= 0.6 is 0 Å². The van der Waals surface area contributed by atoms with Crippen LogP contribution in [0.25, 0.3) is 0 Å². The van der Waals surface area contributed by atoms with Crippen molar-refractivity contribution < 1.29 is 9.90 Å². The third-order valence-corrected chi connectivity index (χ3v) is 3.59. The molecule has 104 valence electrons. The Bertz CT molecular complexity index is 394. The minimum atomic E-state index is -0.412. The predicted molar refractivity (Wildman–Crippen MR) is 74.7 cm³/mol. The van der Waals surface area contributed by atoms with Crippen molar-refractivity contribution in [1.29, 1.82) is 0 Å². The van der Waals surface area contributed by atoms with E-state index in [4.69, 9.17) is 0 Å². The molecule has 0 spiro atoms. The molecule has 1 aliphatic carbocycles. The Morgan fingerprint density at radius 1 is 1.16 bits per heavy atom. The van der Waals surface area contributed by atoms with Crippen molar-refractivity contribution in [1.82, 2.24) is 10.6 Å². The fourth-order valence-corrected chi connectivity index (χ4v) is 2.45. The number of hydrogen-bond donors (Lipinski definition) is 3. The van der Waals surface area contributed by atoms with Gasteiger partial charge in [0.05, 0.1) is 12.1 Å². The molecule has 2 rings (SSSR count). The van der Waals surface area contributed by atoms with Gasteiger partial charge >= 0.3 is 6.03 Å². The summed E-state index contributed by atoms with van der Waals surface area (Å²) in [5, 5.41) is 15.6. The quantitative estimate of drug-likeness (QED) is 0.731. The van der Waals surface area contributed by atoms with Gasteiger partial charge in [0.2, 0.25) is 0 Å². The van der Waals surface area contributed by atoms with Crippen LogP contribution in [0, 0.1) is 0 Å². The topological polar surface area (TPSA) is 61.4 Å². The largest absolute Gasteiger partial charge is 0.391 e. The summed E-state index contributed by atoms with van der Waals surface area (Å²) < 4.78 is 0. The summed E-state index contributed by atoms with van der Waals surface area (Å²) in [6.07, 6.45) is 4.49. The highest BCUT2D eigenvalue weighted by Gasteiger charge is 2.22. The zero-order chi connectivity index (χ0) is 13.5. The Hall–Kier alpha value is -1.55. The first-order chi connectivity index (χ1) is 9.25. The lowest BCUT2D eigenvalue weighted by atomic mass is 10.1. The molecule has 2 unspecified atom stereocenters. The number of amides is 2. The lowest BCUT2D eigenvalue weighted by Gasteiger charge is -2.21. The van der Waals surface area contributed by atoms with Gasteiger partial charge in [0, 0.05) is 6.54 Å². The summed E-state index contributed by atoms with van der Waals surface area (Å²) in [7, 11) is 0. The molecule has 1 saturated carbocycles. The van der Waals surface area contributed by atoms with Gasteiger partial charge in [0.25, 0.3) is 0 Å². The molecule has 1 aromatic rings. The van der Waals surface area contributed by atoms with E-state index in [1.54, 1.807) is 0 Å². The van der Waals surface area contributed by atoms with Crippen molar-refractivity contribution in [2.24, 2.45) is 0 Å². The number of nitrogens with one attached hydrogen (secondary N) is 2. The van der Waals surface area contributed by atoms with Crippen LogP contribution in [-0.2, 0) is 6.54 Å². The predicted octanol–water partition coefficient (Wildman–Crippen LogP) is 2.18. The van der Waals surface area contributed by atoms with Crippen LogP contribution in [0.3, 0.4) is 0 Å². The van der Waals surface area contributed by atoms with Crippen molar-refractivity contribution >= 4 is 6.03 Å². The Balaban J connectivity index is 1.77. The second-order valence-electron chi connectivity index (χ2n) is 5.12. The van der Waals surface area contributed by atoms with Crippen LogP contribution in [0.1, 0.15) is 37.7 Å². The van der Waals surface area contributed by atoms with Crippen LogP contribution in [0.5, 0.6) is 0 Å². The van der Waals surface area contributed by atoms with Gasteiger partial charge in [0.15, 0.2) is 0 Å². The summed E-state index contributed by atoms with van der Waals surface area (Å²) in [6, 6.07) is 9.48. The van der Waals surface area contributed by atoms with Gasteiger partial charge in [-0.25, -0.2) is 4.79 Å². The van der Waals surface area contributed by atoms with Crippen molar-refractivity contribution in [3.05, 3.63) is 35.9 Å². The number of rotatable bonds is 3. The molecule has 1 aromatic carbocycles. The molecular formula is C15H22N2O2. The summed E-state index contributed by atoms with van der Waals surface area (Å²) in [4.78, 5) is 11.8. The molecule has 1 aliphatic rings. The Morgan fingerprint density at radius 2 is 1.89 bits per heavy atom. The summed E-state index contributed by atoms with van der Waals surface area (Å²) in [5.41, 5.74) is 1.07. The average Bonchev–Trinajstić information content (AvgIpc) is 2.63. The molecule has 0 aromatic heterocycles. The van der Waals surface area contributed by atoms with E-state index in [9.17, 15) is 9.90 Å². The maximum Gasteiger partial charge on any atom is 0.315 e. The Labute approximate surface area is 114 Å². The number of aliphatic hydroxyl groups excluding tert-OH is 1. The lowest BCUT2D eigenvalue weighted by Crippen LogP contribution is -2.47. The first-order valence-corrected chi connectivity index (χ1v) is 7.02. The number of urea groups is 1. The van der Waals surface area contributed by atoms with Crippen LogP contribution in [0.4, 0.5) is 4.79 Å². The highest BCUT2D eigenvalue weighted by atomic mass is 16.3. The summed E-state index contributed by atoms with van der Waals surface area (Å²) in [6.45, 7) is 0.509. The number of carbonyl (C=O) groups excluding carboxylic acids is 1. The first kappa shape index (κ1) is 13.9. The lowest BCUT2D eigenvalue weighted by molar-refractivity contribution is 0.122. The van der Waals surface area contributed by atoms with Crippen LogP contribution in [0.2, 0.25) is 0 Å². The smallest absolute Gasteiger partial charge is 0.315 e. The van der Waals surface area contributed by atoms with Crippen molar-refractivity contribution in [2.45, 2.75) is 50.8 Å². The molecule has 0 bridgehead atoms. The third kappa shape index (κ3) is 4.56. The zero-order valence-electron chi connectivity index (χ0n) is 11.1. The van der Waals surface area contributed by atoms with Crippen molar-refractivity contribution in [2.75, 3.05) is 0 Å². The van der Waals surface area contributed by atoms with Gasteiger partial charge in [-0.15, -0.1) is 0 Å². The summed E-state index contributed by atoms with van der Waals surface area (Å²) >= 11 is 0. The molecule has 2 atom stereocenters. The van der Waals surface area contributed by atoms with Crippen LogP contribution < -0.4 is 10.6 Å². The van der Waals surface area contributed by atoms with E-state index in [-0.39, 0.29) is 12.1 Å². The standard InChI is InChI=1S/C15H22N2O2/c18-14-10-6-2-5-9-13(14)17-15(19)16-11-12-7-3-1-4-8-12/h1,3-4,7-8,13-14,18H,2,5-6,9-11H2,(H2,16,17,19). The van der Waals surface area contributed by atoms with Gasteiger partial charge < -0.3 is 15.7 Å². The Kier molecular flexibility index (Phi) is 5.21. The van der Waals surface area contributed by atoms with Crippen molar-refractivity contribution in [3.8, 4) is 0 Å². The summed E-state index contributed by atoms with van der Waals surface area (Å²) in [5.74, 6) is 0. The van der Waals surface area contributed by atoms with E-state index < -0.39 is 6.10 Å². The van der Waals surface area contributed by atoms with E-state index in [2.05, 4.69) is 10.6 Å². The van der Waals surface area contributed by atoms with E-state index in [1.165, 1.54) is 0 Å². The van der Waals surface area contributed by atoms with E-state index in [0.717, 1.165) is 37.7 Å². The molecular weight excluding hydrogens is 240 g/mol. The second-order valence-corrected chi connectivity index (χ2v) is 5.12. The van der Waals surface area contributed by atoms with E-state index >= 15 is 0 Å². The SMILES string of the molecule is O=C(NCc1ccccc1)NC1CCCCCC1O. The maximum atomic E-state index is 11.8. The molecule has 4 heteroatoms. The molecule has 4 nitrogen and oxygen atoms in total. The molecule has 3 N–H and O–H groups in total. The second kappa shape index (κ2) is 7.14. The highest BCUT2D eigenvalue weighted by Crippen LogP contribution is 2.17. The normalized spacial score (nSPS) is 23.4.